The Bertz CT molecular complexity index is 545. The van der Waals surface area contributed by atoms with Gasteiger partial charge >= 0.3 is 0 Å². The lowest BCUT2D eigenvalue weighted by atomic mass is 9.99. The molecule has 3 N–H and O–H groups in total. The van der Waals surface area contributed by atoms with Gasteiger partial charge in [0.15, 0.2) is 0 Å². The Morgan fingerprint density at radius 3 is 2.63 bits per heavy atom. The normalized spacial score (nSPS) is 12.2. The summed E-state index contributed by atoms with van der Waals surface area (Å²) in [5.41, 5.74) is 5.15. The minimum Gasteiger partial charge on any atom is -0.497 e. The zero-order valence-electron chi connectivity index (χ0n) is 11.1. The maximum Gasteiger partial charge on any atom is 0.119 e. The van der Waals surface area contributed by atoms with Crippen LogP contribution in [-0.4, -0.2) is 13.4 Å². The van der Waals surface area contributed by atoms with Gasteiger partial charge in [-0.25, -0.2) is 5.43 Å². The van der Waals surface area contributed by atoms with Crippen LogP contribution in [0.5, 0.6) is 5.75 Å². The van der Waals surface area contributed by atoms with E-state index in [0.29, 0.717) is 0 Å². The van der Waals surface area contributed by atoms with E-state index in [1.54, 1.807) is 18.9 Å². The van der Waals surface area contributed by atoms with Gasteiger partial charge in [0.2, 0.25) is 0 Å². The first-order valence-corrected chi connectivity index (χ1v) is 7.25. The molecule has 0 radical (unpaired) electrons. The summed E-state index contributed by atoms with van der Waals surface area (Å²) in [4.78, 5) is 1.22. The van der Waals surface area contributed by atoms with Gasteiger partial charge in [-0.2, -0.15) is 0 Å². The third-order valence-corrected chi connectivity index (χ3v) is 3.86. The minimum absolute atomic E-state index is 0.0428. The topological polar surface area (TPSA) is 47.3 Å². The number of methoxy groups -OCH3 is 1. The van der Waals surface area contributed by atoms with Gasteiger partial charge in [0.1, 0.15) is 5.75 Å². The summed E-state index contributed by atoms with van der Waals surface area (Å²) >= 11 is 1.72. The van der Waals surface area contributed by atoms with E-state index in [1.807, 2.05) is 36.4 Å². The first-order chi connectivity index (χ1) is 9.30. The Labute approximate surface area is 118 Å². The first-order valence-electron chi connectivity index (χ1n) is 6.03. The van der Waals surface area contributed by atoms with Gasteiger partial charge < -0.3 is 4.74 Å². The Kier molecular flexibility index (Phi) is 4.85. The zero-order chi connectivity index (χ0) is 13.7. The zero-order valence-corrected chi connectivity index (χ0v) is 11.9. The maximum absolute atomic E-state index is 5.75. The molecule has 2 rings (SSSR count). The van der Waals surface area contributed by atoms with Crippen molar-refractivity contribution in [3.8, 4) is 5.75 Å². The monoisotopic (exact) mass is 274 g/mol. The SMILES string of the molecule is COc1cccc(C(NN)c2ccccc2SC)c1. The molecule has 2 aromatic carbocycles. The Balaban J connectivity index is 2.43. The first kappa shape index (κ1) is 13.9. The summed E-state index contributed by atoms with van der Waals surface area (Å²) in [5.74, 6) is 6.58. The van der Waals surface area contributed by atoms with E-state index in [1.165, 1.54) is 10.5 Å². The number of benzene rings is 2. The van der Waals surface area contributed by atoms with Crippen LogP contribution in [0.2, 0.25) is 0 Å². The van der Waals surface area contributed by atoms with Crippen molar-refractivity contribution in [2.45, 2.75) is 10.9 Å². The van der Waals surface area contributed by atoms with Crippen molar-refractivity contribution in [3.05, 3.63) is 59.7 Å². The van der Waals surface area contributed by atoms with E-state index in [-0.39, 0.29) is 6.04 Å². The molecule has 0 saturated carbocycles. The predicted molar refractivity (Wildman–Crippen MR) is 80.4 cm³/mol. The molecule has 0 fully saturated rings. The quantitative estimate of drug-likeness (QED) is 0.500. The van der Waals surface area contributed by atoms with Crippen LogP contribution in [0.15, 0.2) is 53.4 Å². The number of rotatable bonds is 5. The van der Waals surface area contributed by atoms with E-state index >= 15 is 0 Å². The van der Waals surface area contributed by atoms with Gasteiger partial charge in [0, 0.05) is 4.90 Å². The molecule has 0 amide bonds. The van der Waals surface area contributed by atoms with Crippen molar-refractivity contribution in [2.75, 3.05) is 13.4 Å². The van der Waals surface area contributed by atoms with Crippen molar-refractivity contribution in [3.63, 3.8) is 0 Å². The van der Waals surface area contributed by atoms with Gasteiger partial charge in [0.05, 0.1) is 13.2 Å². The summed E-state index contributed by atoms with van der Waals surface area (Å²) in [6.45, 7) is 0. The molecule has 0 bridgehead atoms. The van der Waals surface area contributed by atoms with Crippen molar-refractivity contribution in [1.29, 1.82) is 0 Å². The van der Waals surface area contributed by atoms with Gasteiger partial charge in [0.25, 0.3) is 0 Å². The Morgan fingerprint density at radius 2 is 1.95 bits per heavy atom. The van der Waals surface area contributed by atoms with Crippen molar-refractivity contribution < 1.29 is 4.74 Å². The Hall–Kier alpha value is -1.49. The molecule has 1 atom stereocenters. The van der Waals surface area contributed by atoms with Crippen LogP contribution in [0, 0.1) is 0 Å². The fraction of sp³-hybridized carbons (Fsp3) is 0.200. The second kappa shape index (κ2) is 6.61. The second-order valence-electron chi connectivity index (χ2n) is 4.12. The average Bonchev–Trinajstić information content (AvgIpc) is 2.49. The van der Waals surface area contributed by atoms with Gasteiger partial charge in [-0.3, -0.25) is 5.84 Å². The molecular formula is C15H18N2OS. The predicted octanol–water partition coefficient (Wildman–Crippen LogP) is 2.97. The molecular weight excluding hydrogens is 256 g/mol. The van der Waals surface area contributed by atoms with Crippen LogP contribution in [0.1, 0.15) is 17.2 Å². The summed E-state index contributed by atoms with van der Waals surface area (Å²) in [6, 6.07) is 16.2. The fourth-order valence-corrected chi connectivity index (χ4v) is 2.73. The summed E-state index contributed by atoms with van der Waals surface area (Å²) in [6.07, 6.45) is 2.07. The molecule has 3 nitrogen and oxygen atoms in total. The third kappa shape index (κ3) is 3.10. The smallest absolute Gasteiger partial charge is 0.119 e. The number of ether oxygens (including phenoxy) is 1. The lowest BCUT2D eigenvalue weighted by Crippen LogP contribution is -2.29. The second-order valence-corrected chi connectivity index (χ2v) is 4.97. The number of nitrogens with one attached hydrogen (secondary N) is 1. The largest absolute Gasteiger partial charge is 0.497 e. The molecule has 19 heavy (non-hydrogen) atoms. The van der Waals surface area contributed by atoms with Crippen LogP contribution in [0.4, 0.5) is 0 Å². The molecule has 4 heteroatoms. The lowest BCUT2D eigenvalue weighted by molar-refractivity contribution is 0.413. The summed E-state index contributed by atoms with van der Waals surface area (Å²) in [7, 11) is 1.67. The number of thioether (sulfide) groups is 1. The molecule has 0 aliphatic carbocycles. The minimum atomic E-state index is -0.0428. The van der Waals surface area contributed by atoms with E-state index in [2.05, 4.69) is 23.8 Å². The van der Waals surface area contributed by atoms with Crippen LogP contribution < -0.4 is 16.0 Å². The Morgan fingerprint density at radius 1 is 1.16 bits per heavy atom. The number of nitrogens with two attached hydrogens (primary N) is 1. The highest BCUT2D eigenvalue weighted by Crippen LogP contribution is 2.30. The standard InChI is InChI=1S/C15H18N2OS/c1-18-12-7-5-6-11(10-12)15(17-16)13-8-3-4-9-14(13)19-2/h3-10,15,17H,16H2,1-2H3. The number of hydrogen-bond donors (Lipinski definition) is 2. The molecule has 1 unspecified atom stereocenters. The molecule has 2 aromatic rings. The van der Waals surface area contributed by atoms with E-state index in [0.717, 1.165) is 11.3 Å². The van der Waals surface area contributed by atoms with Crippen LogP contribution in [0.3, 0.4) is 0 Å². The van der Waals surface area contributed by atoms with Crippen LogP contribution >= 0.6 is 11.8 Å². The molecule has 100 valence electrons. The van der Waals surface area contributed by atoms with Crippen molar-refractivity contribution in [1.82, 2.24) is 5.43 Å². The molecule has 0 spiro atoms. The third-order valence-electron chi connectivity index (χ3n) is 3.04. The van der Waals surface area contributed by atoms with E-state index in [4.69, 9.17) is 10.6 Å². The lowest BCUT2D eigenvalue weighted by Gasteiger charge is -2.20. The highest BCUT2D eigenvalue weighted by Gasteiger charge is 2.15. The van der Waals surface area contributed by atoms with Gasteiger partial charge in [-0.1, -0.05) is 30.3 Å². The van der Waals surface area contributed by atoms with Gasteiger partial charge in [-0.15, -0.1) is 11.8 Å². The van der Waals surface area contributed by atoms with Gasteiger partial charge in [-0.05, 0) is 35.6 Å². The van der Waals surface area contributed by atoms with E-state index < -0.39 is 0 Å². The molecule has 0 saturated heterocycles. The number of hydrogen-bond acceptors (Lipinski definition) is 4. The van der Waals surface area contributed by atoms with E-state index in [9.17, 15) is 0 Å². The average molecular weight is 274 g/mol. The molecule has 0 aliphatic rings. The van der Waals surface area contributed by atoms with Crippen LogP contribution in [0.25, 0.3) is 0 Å². The van der Waals surface area contributed by atoms with Crippen LogP contribution in [-0.2, 0) is 0 Å². The molecule has 0 aliphatic heterocycles. The molecule has 0 heterocycles. The summed E-state index contributed by atoms with van der Waals surface area (Å²) in [5, 5.41) is 0. The fourth-order valence-electron chi connectivity index (χ4n) is 2.09. The maximum atomic E-state index is 5.75. The summed E-state index contributed by atoms with van der Waals surface area (Å²) < 4.78 is 5.27. The highest BCUT2D eigenvalue weighted by atomic mass is 32.2. The molecule has 0 aromatic heterocycles. The number of hydrazine groups is 1. The van der Waals surface area contributed by atoms with Crippen molar-refractivity contribution >= 4 is 11.8 Å². The highest BCUT2D eigenvalue weighted by molar-refractivity contribution is 7.98. The van der Waals surface area contributed by atoms with Crippen molar-refractivity contribution in [2.24, 2.45) is 5.84 Å².